The second-order valence-corrected chi connectivity index (χ2v) is 3.62. The lowest BCUT2D eigenvalue weighted by atomic mass is 10.1. The predicted octanol–water partition coefficient (Wildman–Crippen LogP) is 3.52. The van der Waals surface area contributed by atoms with Gasteiger partial charge in [0.1, 0.15) is 16.1 Å². The Balaban J connectivity index is 3.80. The van der Waals surface area contributed by atoms with E-state index >= 15 is 0 Å². The van der Waals surface area contributed by atoms with Crippen LogP contribution in [0, 0.1) is 17.5 Å². The maximum Gasteiger partial charge on any atom is 0.258 e. The van der Waals surface area contributed by atoms with E-state index in [9.17, 15) is 22.8 Å². The van der Waals surface area contributed by atoms with Crippen molar-refractivity contribution in [2.45, 2.75) is 0 Å². The van der Waals surface area contributed by atoms with E-state index in [2.05, 4.69) is 0 Å². The van der Waals surface area contributed by atoms with Crippen LogP contribution >= 0.6 is 34.8 Å². The maximum atomic E-state index is 13.3. The van der Waals surface area contributed by atoms with Crippen molar-refractivity contribution in [2.24, 2.45) is 0 Å². The van der Waals surface area contributed by atoms with Crippen LogP contribution in [0.4, 0.5) is 13.2 Å². The lowest BCUT2D eigenvalue weighted by molar-refractivity contribution is 0.107. The molecule has 0 aliphatic heterocycles. The van der Waals surface area contributed by atoms with Gasteiger partial charge in [-0.15, -0.1) is 0 Å². The van der Waals surface area contributed by atoms with Crippen molar-refractivity contribution in [1.29, 1.82) is 0 Å². The number of halogens is 6. The first-order chi connectivity index (χ1) is 7.29. The highest BCUT2D eigenvalue weighted by Gasteiger charge is 2.29. The van der Waals surface area contributed by atoms with Crippen molar-refractivity contribution in [3.8, 4) is 0 Å². The number of carbonyl (C=O) groups is 2. The van der Waals surface area contributed by atoms with Crippen molar-refractivity contribution in [2.75, 3.05) is 0 Å². The average molecular weight is 291 g/mol. The Kier molecular flexibility index (Phi) is 3.83. The smallest absolute Gasteiger partial charge is 0.258 e. The monoisotopic (exact) mass is 290 g/mol. The molecule has 0 saturated heterocycles. The highest BCUT2D eigenvalue weighted by atomic mass is 35.5. The van der Waals surface area contributed by atoms with Crippen LogP contribution in [0.15, 0.2) is 0 Å². The van der Waals surface area contributed by atoms with Gasteiger partial charge in [-0.3, -0.25) is 9.59 Å². The first kappa shape index (κ1) is 13.3. The van der Waals surface area contributed by atoms with Gasteiger partial charge in [0.25, 0.3) is 10.5 Å². The lowest BCUT2D eigenvalue weighted by Crippen LogP contribution is -2.10. The van der Waals surface area contributed by atoms with Gasteiger partial charge in [0.15, 0.2) is 17.5 Å². The summed E-state index contributed by atoms with van der Waals surface area (Å²) in [6.45, 7) is 0. The maximum absolute atomic E-state index is 13.3. The fraction of sp³-hybridized carbons (Fsp3) is 0. The standard InChI is InChI=1S/C8Cl3F3O2/c9-3-5(13)1(7(10)15)4(12)2(6(3)14)8(11)16. The highest BCUT2D eigenvalue weighted by molar-refractivity contribution is 6.69. The van der Waals surface area contributed by atoms with Gasteiger partial charge in [-0.1, -0.05) is 11.6 Å². The van der Waals surface area contributed by atoms with Gasteiger partial charge in [0, 0.05) is 0 Å². The van der Waals surface area contributed by atoms with Gasteiger partial charge in [0.2, 0.25) is 0 Å². The Morgan fingerprint density at radius 2 is 1.12 bits per heavy atom. The molecule has 1 aromatic carbocycles. The first-order valence-corrected chi connectivity index (χ1v) is 4.68. The van der Waals surface area contributed by atoms with Crippen LogP contribution < -0.4 is 0 Å². The second kappa shape index (κ2) is 4.61. The molecule has 0 spiro atoms. The van der Waals surface area contributed by atoms with Crippen LogP contribution in [0.2, 0.25) is 5.02 Å². The largest absolute Gasteiger partial charge is 0.275 e. The third kappa shape index (κ3) is 2.03. The third-order valence-corrected chi connectivity index (χ3v) is 2.37. The van der Waals surface area contributed by atoms with E-state index in [0.29, 0.717) is 0 Å². The number of hydrogen-bond acceptors (Lipinski definition) is 2. The van der Waals surface area contributed by atoms with E-state index in [1.54, 1.807) is 0 Å². The highest BCUT2D eigenvalue weighted by Crippen LogP contribution is 2.30. The molecule has 2 nitrogen and oxygen atoms in total. The fourth-order valence-electron chi connectivity index (χ4n) is 0.979. The molecule has 0 aromatic heterocycles. The Bertz CT molecular complexity index is 461. The molecule has 0 amide bonds. The summed E-state index contributed by atoms with van der Waals surface area (Å²) in [6.07, 6.45) is 0. The van der Waals surface area contributed by atoms with Gasteiger partial charge in [-0.25, -0.2) is 13.2 Å². The molecule has 0 aliphatic carbocycles. The van der Waals surface area contributed by atoms with Crippen molar-refractivity contribution >= 4 is 45.3 Å². The van der Waals surface area contributed by atoms with Crippen molar-refractivity contribution in [1.82, 2.24) is 0 Å². The van der Waals surface area contributed by atoms with Gasteiger partial charge in [-0.2, -0.15) is 0 Å². The first-order valence-electron chi connectivity index (χ1n) is 3.54. The molecule has 8 heteroatoms. The number of carbonyl (C=O) groups excluding carboxylic acids is 2. The Hall–Kier alpha value is -0.780. The van der Waals surface area contributed by atoms with Crippen LogP contribution in [0.3, 0.4) is 0 Å². The number of rotatable bonds is 2. The van der Waals surface area contributed by atoms with Crippen LogP contribution in [-0.4, -0.2) is 10.5 Å². The molecule has 1 aromatic rings. The SMILES string of the molecule is O=C(Cl)c1c(F)c(Cl)c(F)c(C(=O)Cl)c1F. The van der Waals surface area contributed by atoms with Crippen LogP contribution in [0.1, 0.15) is 20.7 Å². The predicted molar refractivity (Wildman–Crippen MR) is 51.7 cm³/mol. The van der Waals surface area contributed by atoms with Gasteiger partial charge >= 0.3 is 0 Å². The summed E-state index contributed by atoms with van der Waals surface area (Å²) in [5.41, 5.74) is -2.64. The van der Waals surface area contributed by atoms with E-state index in [1.165, 1.54) is 0 Å². The van der Waals surface area contributed by atoms with Crippen LogP contribution in [0.5, 0.6) is 0 Å². The summed E-state index contributed by atoms with van der Waals surface area (Å²) in [6, 6.07) is 0. The lowest BCUT2D eigenvalue weighted by Gasteiger charge is -2.07. The summed E-state index contributed by atoms with van der Waals surface area (Å²) < 4.78 is 39.6. The number of hydrogen-bond donors (Lipinski definition) is 0. The zero-order valence-electron chi connectivity index (χ0n) is 7.08. The number of benzene rings is 1. The molecule has 0 unspecified atom stereocenters. The minimum absolute atomic E-state index is 1.23. The molecule has 0 aliphatic rings. The Morgan fingerprint density at radius 1 is 0.812 bits per heavy atom. The van der Waals surface area contributed by atoms with Crippen LogP contribution in [0.25, 0.3) is 0 Å². The molecule has 86 valence electrons. The van der Waals surface area contributed by atoms with Gasteiger partial charge < -0.3 is 0 Å². The van der Waals surface area contributed by atoms with E-state index in [0.717, 1.165) is 0 Å². The zero-order chi connectivity index (χ0) is 12.6. The minimum atomic E-state index is -1.78. The molecule has 0 radical (unpaired) electrons. The van der Waals surface area contributed by atoms with Crippen molar-refractivity contribution in [3.63, 3.8) is 0 Å². The summed E-state index contributed by atoms with van der Waals surface area (Å²) in [4.78, 5) is 21.4. The molecule has 1 rings (SSSR count). The van der Waals surface area contributed by atoms with Gasteiger partial charge in [-0.05, 0) is 23.2 Å². The van der Waals surface area contributed by atoms with E-state index < -0.39 is 44.1 Å². The van der Waals surface area contributed by atoms with Crippen molar-refractivity contribution < 1.29 is 22.8 Å². The van der Waals surface area contributed by atoms with E-state index in [4.69, 9.17) is 34.8 Å². The minimum Gasteiger partial charge on any atom is -0.275 e. The topological polar surface area (TPSA) is 34.1 Å². The average Bonchev–Trinajstić information content (AvgIpc) is 2.13. The second-order valence-electron chi connectivity index (χ2n) is 2.55. The quantitative estimate of drug-likeness (QED) is 0.475. The van der Waals surface area contributed by atoms with Crippen molar-refractivity contribution in [3.05, 3.63) is 33.6 Å². The molecule has 0 bridgehead atoms. The molecule has 0 saturated carbocycles. The Labute approximate surface area is 102 Å². The van der Waals surface area contributed by atoms with E-state index in [-0.39, 0.29) is 0 Å². The molecule has 0 heterocycles. The fourth-order valence-corrected chi connectivity index (χ4v) is 1.50. The third-order valence-electron chi connectivity index (χ3n) is 1.66. The molecule has 16 heavy (non-hydrogen) atoms. The summed E-state index contributed by atoms with van der Waals surface area (Å²) in [5, 5.41) is -4.35. The Morgan fingerprint density at radius 3 is 1.38 bits per heavy atom. The van der Waals surface area contributed by atoms with Gasteiger partial charge in [0.05, 0.1) is 0 Å². The molecular formula is C8Cl3F3O2. The van der Waals surface area contributed by atoms with Crippen LogP contribution in [-0.2, 0) is 0 Å². The van der Waals surface area contributed by atoms with E-state index in [1.807, 2.05) is 0 Å². The summed E-state index contributed by atoms with van der Waals surface area (Å²) in [7, 11) is 0. The summed E-state index contributed by atoms with van der Waals surface area (Å²) >= 11 is 14.8. The molecule has 0 N–H and O–H groups in total. The molecule has 0 fully saturated rings. The summed E-state index contributed by atoms with van der Waals surface area (Å²) in [5.74, 6) is -5.14. The molecular weight excluding hydrogens is 291 g/mol. The zero-order valence-corrected chi connectivity index (χ0v) is 9.35. The normalized spacial score (nSPS) is 10.4. The molecule has 0 atom stereocenters.